The maximum Gasteiger partial charge on any atom is 0.290 e. The van der Waals surface area contributed by atoms with Gasteiger partial charge in [-0.15, -0.1) is 0 Å². The number of aryl methyl sites for hydroxylation is 1. The molecule has 0 saturated heterocycles. The van der Waals surface area contributed by atoms with Crippen LogP contribution >= 0.6 is 0 Å². The highest BCUT2D eigenvalue weighted by atomic mass is 16.6. The zero-order chi connectivity index (χ0) is 13.5. The second-order valence-corrected chi connectivity index (χ2v) is 4.28. The van der Waals surface area contributed by atoms with Crippen LogP contribution in [0.1, 0.15) is 31.9 Å². The molecule has 1 rings (SSSR count). The van der Waals surface area contributed by atoms with Gasteiger partial charge in [-0.2, -0.15) is 0 Å². The number of hydrogen-bond donors (Lipinski definition) is 2. The number of nitro groups is 1. The zero-order valence-corrected chi connectivity index (χ0v) is 10.8. The standard InChI is InChI=1S/C12H20N4O2/c1-3-4-5-10(8-13)15-12-7-6-11(16(17)18)9(2)14-12/h6-7,10H,3-5,8,13H2,1-2H3,(H,14,15). The van der Waals surface area contributed by atoms with Crippen molar-refractivity contribution in [1.29, 1.82) is 0 Å². The molecule has 1 aromatic rings. The summed E-state index contributed by atoms with van der Waals surface area (Å²) in [5.74, 6) is 0.643. The minimum Gasteiger partial charge on any atom is -0.366 e. The Morgan fingerprint density at radius 1 is 1.56 bits per heavy atom. The second-order valence-electron chi connectivity index (χ2n) is 4.28. The van der Waals surface area contributed by atoms with Gasteiger partial charge in [0, 0.05) is 18.7 Å². The van der Waals surface area contributed by atoms with Gasteiger partial charge in [-0.3, -0.25) is 10.1 Å². The van der Waals surface area contributed by atoms with Crippen LogP contribution in [-0.2, 0) is 0 Å². The molecule has 0 bridgehead atoms. The van der Waals surface area contributed by atoms with Crippen LogP contribution in [0.2, 0.25) is 0 Å². The van der Waals surface area contributed by atoms with Crippen LogP contribution in [0, 0.1) is 17.0 Å². The molecule has 6 nitrogen and oxygen atoms in total. The Labute approximate surface area is 107 Å². The lowest BCUT2D eigenvalue weighted by Crippen LogP contribution is -2.29. The van der Waals surface area contributed by atoms with E-state index in [1.165, 1.54) is 6.07 Å². The van der Waals surface area contributed by atoms with E-state index < -0.39 is 4.92 Å². The summed E-state index contributed by atoms with van der Waals surface area (Å²) in [5, 5.41) is 13.9. The topological polar surface area (TPSA) is 94.1 Å². The van der Waals surface area contributed by atoms with E-state index in [4.69, 9.17) is 5.73 Å². The molecule has 0 aliphatic heterocycles. The largest absolute Gasteiger partial charge is 0.366 e. The fraction of sp³-hybridized carbons (Fsp3) is 0.583. The highest BCUT2D eigenvalue weighted by molar-refractivity contribution is 5.45. The minimum atomic E-state index is -0.427. The van der Waals surface area contributed by atoms with Crippen molar-refractivity contribution in [3.63, 3.8) is 0 Å². The van der Waals surface area contributed by atoms with Crippen molar-refractivity contribution in [2.24, 2.45) is 5.73 Å². The highest BCUT2D eigenvalue weighted by Crippen LogP contribution is 2.18. The van der Waals surface area contributed by atoms with E-state index in [1.54, 1.807) is 13.0 Å². The van der Waals surface area contributed by atoms with Crippen molar-refractivity contribution in [3.8, 4) is 0 Å². The van der Waals surface area contributed by atoms with Gasteiger partial charge in [0.1, 0.15) is 11.5 Å². The third kappa shape index (κ3) is 3.96. The van der Waals surface area contributed by atoms with Crippen molar-refractivity contribution < 1.29 is 4.92 Å². The molecule has 1 unspecified atom stereocenters. The fourth-order valence-electron chi connectivity index (χ4n) is 1.74. The number of nitrogens with zero attached hydrogens (tertiary/aromatic N) is 2. The van der Waals surface area contributed by atoms with Crippen LogP contribution in [0.5, 0.6) is 0 Å². The summed E-state index contributed by atoms with van der Waals surface area (Å²) >= 11 is 0. The van der Waals surface area contributed by atoms with Crippen LogP contribution in [0.3, 0.4) is 0 Å². The summed E-state index contributed by atoms with van der Waals surface area (Å²) in [4.78, 5) is 14.4. The maximum absolute atomic E-state index is 10.7. The van der Waals surface area contributed by atoms with Crippen LogP contribution < -0.4 is 11.1 Å². The van der Waals surface area contributed by atoms with Gasteiger partial charge < -0.3 is 11.1 Å². The number of pyridine rings is 1. The molecule has 18 heavy (non-hydrogen) atoms. The first-order chi connectivity index (χ1) is 8.58. The molecule has 3 N–H and O–H groups in total. The molecule has 0 spiro atoms. The first-order valence-electron chi connectivity index (χ1n) is 6.17. The summed E-state index contributed by atoms with van der Waals surface area (Å²) in [5.41, 5.74) is 6.13. The van der Waals surface area contributed by atoms with E-state index in [0.29, 0.717) is 18.1 Å². The number of rotatable bonds is 7. The molecule has 0 amide bonds. The molecule has 0 aromatic carbocycles. The molecule has 100 valence electrons. The lowest BCUT2D eigenvalue weighted by Gasteiger charge is -2.17. The van der Waals surface area contributed by atoms with Crippen LogP contribution in [-0.4, -0.2) is 22.5 Å². The summed E-state index contributed by atoms with van der Waals surface area (Å²) in [6.07, 6.45) is 3.19. The maximum atomic E-state index is 10.7. The predicted octanol–water partition coefficient (Wildman–Crippen LogP) is 2.23. The molecule has 6 heteroatoms. The summed E-state index contributed by atoms with van der Waals surface area (Å²) < 4.78 is 0. The molecule has 0 saturated carbocycles. The molecule has 0 radical (unpaired) electrons. The molecule has 0 aliphatic carbocycles. The molecule has 0 fully saturated rings. The van der Waals surface area contributed by atoms with E-state index in [9.17, 15) is 10.1 Å². The number of aromatic nitrogens is 1. The Bertz CT molecular complexity index is 409. The smallest absolute Gasteiger partial charge is 0.290 e. The lowest BCUT2D eigenvalue weighted by atomic mass is 10.1. The average Bonchev–Trinajstić information content (AvgIpc) is 2.34. The van der Waals surface area contributed by atoms with E-state index in [2.05, 4.69) is 17.2 Å². The summed E-state index contributed by atoms with van der Waals surface area (Å²) in [6.45, 7) is 4.28. The normalized spacial score (nSPS) is 12.2. The first-order valence-corrected chi connectivity index (χ1v) is 6.17. The van der Waals surface area contributed by atoms with Gasteiger partial charge in [0.2, 0.25) is 0 Å². The van der Waals surface area contributed by atoms with Gasteiger partial charge >= 0.3 is 0 Å². The molecular weight excluding hydrogens is 232 g/mol. The van der Waals surface area contributed by atoms with Crippen LogP contribution in [0.15, 0.2) is 12.1 Å². The molecule has 1 aromatic heterocycles. The molecular formula is C12H20N4O2. The molecule has 1 atom stereocenters. The van der Waals surface area contributed by atoms with Crippen molar-refractivity contribution >= 4 is 11.5 Å². The first kappa shape index (κ1) is 14.4. The summed E-state index contributed by atoms with van der Waals surface area (Å²) in [6, 6.07) is 3.26. The third-order valence-electron chi connectivity index (χ3n) is 2.80. The fourth-order valence-corrected chi connectivity index (χ4v) is 1.74. The predicted molar refractivity (Wildman–Crippen MR) is 71.6 cm³/mol. The number of nitrogens with two attached hydrogens (primary N) is 1. The van der Waals surface area contributed by atoms with Crippen LogP contribution in [0.25, 0.3) is 0 Å². The minimum absolute atomic E-state index is 0.0402. The number of hydrogen-bond acceptors (Lipinski definition) is 5. The third-order valence-corrected chi connectivity index (χ3v) is 2.80. The number of anilines is 1. The molecule has 0 aliphatic rings. The van der Waals surface area contributed by atoms with Crippen molar-refractivity contribution in [2.75, 3.05) is 11.9 Å². The van der Waals surface area contributed by atoms with Gasteiger partial charge in [-0.25, -0.2) is 4.98 Å². The van der Waals surface area contributed by atoms with E-state index in [1.807, 2.05) is 0 Å². The van der Waals surface area contributed by atoms with Crippen molar-refractivity contribution in [2.45, 2.75) is 39.2 Å². The van der Waals surface area contributed by atoms with Gasteiger partial charge in [0.15, 0.2) is 0 Å². The Morgan fingerprint density at radius 2 is 2.28 bits per heavy atom. The van der Waals surface area contributed by atoms with Gasteiger partial charge in [0.05, 0.1) is 4.92 Å². The Kier molecular flexibility index (Phi) is 5.51. The highest BCUT2D eigenvalue weighted by Gasteiger charge is 2.13. The Morgan fingerprint density at radius 3 is 2.78 bits per heavy atom. The van der Waals surface area contributed by atoms with Crippen LogP contribution in [0.4, 0.5) is 11.5 Å². The second kappa shape index (κ2) is 6.90. The zero-order valence-electron chi connectivity index (χ0n) is 10.8. The number of unbranched alkanes of at least 4 members (excludes halogenated alkanes) is 1. The quantitative estimate of drug-likeness (QED) is 0.573. The van der Waals surface area contributed by atoms with Gasteiger partial charge in [0.25, 0.3) is 5.69 Å². The van der Waals surface area contributed by atoms with Crippen molar-refractivity contribution in [1.82, 2.24) is 4.98 Å². The van der Waals surface area contributed by atoms with Crippen molar-refractivity contribution in [3.05, 3.63) is 27.9 Å². The lowest BCUT2D eigenvalue weighted by molar-refractivity contribution is -0.385. The Hall–Kier alpha value is -1.69. The van der Waals surface area contributed by atoms with Gasteiger partial charge in [-0.05, 0) is 19.4 Å². The van der Waals surface area contributed by atoms with E-state index >= 15 is 0 Å². The van der Waals surface area contributed by atoms with E-state index in [-0.39, 0.29) is 11.7 Å². The Balaban J connectivity index is 2.72. The van der Waals surface area contributed by atoms with E-state index in [0.717, 1.165) is 19.3 Å². The number of nitrogens with one attached hydrogen (secondary N) is 1. The summed E-state index contributed by atoms with van der Waals surface area (Å²) in [7, 11) is 0. The average molecular weight is 252 g/mol. The van der Waals surface area contributed by atoms with Gasteiger partial charge in [-0.1, -0.05) is 19.8 Å². The molecule has 1 heterocycles. The monoisotopic (exact) mass is 252 g/mol. The SMILES string of the molecule is CCCCC(CN)Nc1ccc([N+](=O)[O-])c(C)n1.